The smallest absolute Gasteiger partial charge is 0.263 e. The average Bonchev–Trinajstić information content (AvgIpc) is 3.18. The lowest BCUT2D eigenvalue weighted by Crippen LogP contribution is -2.27. The van der Waals surface area contributed by atoms with Crippen molar-refractivity contribution >= 4 is 56.3 Å². The maximum Gasteiger partial charge on any atom is 0.263 e. The molecule has 2 aromatic heterocycles. The van der Waals surface area contributed by atoms with Gasteiger partial charge in [0.05, 0.1) is 21.8 Å². The van der Waals surface area contributed by atoms with Crippen molar-refractivity contribution in [1.82, 2.24) is 9.55 Å². The summed E-state index contributed by atoms with van der Waals surface area (Å²) in [6.07, 6.45) is 2.35. The van der Waals surface area contributed by atoms with E-state index in [-0.39, 0.29) is 18.0 Å². The summed E-state index contributed by atoms with van der Waals surface area (Å²) in [4.78, 5) is 30.6. The van der Waals surface area contributed by atoms with Gasteiger partial charge in [0, 0.05) is 16.6 Å². The topological polar surface area (TPSA) is 64.0 Å². The SMILES string of the molecule is CCc1ccc(-c2csc3ncn(CC(=O)Nc4ccc(Cl)c(Cl)c4)c(=O)c23)cc1. The zero-order chi connectivity index (χ0) is 21.3. The number of nitrogens with one attached hydrogen (secondary N) is 1. The van der Waals surface area contributed by atoms with Crippen molar-refractivity contribution in [2.45, 2.75) is 19.9 Å². The van der Waals surface area contributed by atoms with Crippen LogP contribution in [0.4, 0.5) is 5.69 Å². The molecule has 0 aliphatic heterocycles. The molecule has 5 nitrogen and oxygen atoms in total. The first-order valence-electron chi connectivity index (χ1n) is 9.27. The van der Waals surface area contributed by atoms with Crippen LogP contribution in [0.1, 0.15) is 12.5 Å². The molecule has 0 radical (unpaired) electrons. The van der Waals surface area contributed by atoms with Crippen molar-refractivity contribution < 1.29 is 4.79 Å². The number of carbonyl (C=O) groups is 1. The van der Waals surface area contributed by atoms with Gasteiger partial charge >= 0.3 is 0 Å². The Bertz CT molecular complexity index is 1300. The molecule has 0 aliphatic carbocycles. The van der Waals surface area contributed by atoms with E-state index in [1.54, 1.807) is 18.2 Å². The number of nitrogens with zero attached hydrogens (tertiary/aromatic N) is 2. The van der Waals surface area contributed by atoms with Crippen LogP contribution in [-0.2, 0) is 17.8 Å². The van der Waals surface area contributed by atoms with Gasteiger partial charge in [-0.05, 0) is 35.7 Å². The minimum atomic E-state index is -0.360. The van der Waals surface area contributed by atoms with Gasteiger partial charge in [-0.15, -0.1) is 11.3 Å². The Morgan fingerprint density at radius 1 is 1.13 bits per heavy atom. The third-order valence-corrected chi connectivity index (χ3v) is 6.38. The Labute approximate surface area is 186 Å². The van der Waals surface area contributed by atoms with E-state index in [9.17, 15) is 9.59 Å². The summed E-state index contributed by atoms with van der Waals surface area (Å²) in [6.45, 7) is 1.94. The third kappa shape index (κ3) is 4.12. The van der Waals surface area contributed by atoms with E-state index < -0.39 is 0 Å². The van der Waals surface area contributed by atoms with Crippen LogP contribution < -0.4 is 10.9 Å². The van der Waals surface area contributed by atoms with E-state index in [2.05, 4.69) is 29.4 Å². The molecule has 30 heavy (non-hydrogen) atoms. The minimum Gasteiger partial charge on any atom is -0.324 e. The normalized spacial score (nSPS) is 11.0. The zero-order valence-corrected chi connectivity index (χ0v) is 18.3. The first-order valence-corrected chi connectivity index (χ1v) is 10.9. The largest absolute Gasteiger partial charge is 0.324 e. The predicted octanol–water partition coefficient (Wildman–Crippen LogP) is 5.63. The number of rotatable bonds is 5. The van der Waals surface area contributed by atoms with Crippen LogP contribution in [-0.4, -0.2) is 15.5 Å². The first kappa shape index (κ1) is 20.6. The molecule has 152 valence electrons. The number of thiophene rings is 1. The standard InChI is InChI=1S/C22H17Cl2N3O2S/c1-2-13-3-5-14(6-4-13)16-11-30-21-20(16)22(29)27(12-25-21)10-19(28)26-15-7-8-17(23)18(24)9-15/h3-9,11-12H,2,10H2,1H3,(H,26,28). The minimum absolute atomic E-state index is 0.161. The molecular formula is C22H17Cl2N3O2S. The molecule has 4 aromatic rings. The number of anilines is 1. The summed E-state index contributed by atoms with van der Waals surface area (Å²) < 4.78 is 1.31. The number of hydrogen-bond donors (Lipinski definition) is 1. The van der Waals surface area contributed by atoms with Gasteiger partial charge in [-0.3, -0.25) is 14.2 Å². The van der Waals surface area contributed by atoms with E-state index in [4.69, 9.17) is 23.2 Å². The molecule has 1 N–H and O–H groups in total. The highest BCUT2D eigenvalue weighted by atomic mass is 35.5. The van der Waals surface area contributed by atoms with E-state index >= 15 is 0 Å². The Kier molecular flexibility index (Phi) is 5.90. The fourth-order valence-corrected chi connectivity index (χ4v) is 4.35. The van der Waals surface area contributed by atoms with Crippen LogP contribution in [0.25, 0.3) is 21.3 Å². The van der Waals surface area contributed by atoms with Crippen molar-refractivity contribution in [2.24, 2.45) is 0 Å². The van der Waals surface area contributed by atoms with Crippen molar-refractivity contribution in [1.29, 1.82) is 0 Å². The number of benzene rings is 2. The highest BCUT2D eigenvalue weighted by molar-refractivity contribution is 7.17. The van der Waals surface area contributed by atoms with E-state index in [0.717, 1.165) is 17.5 Å². The summed E-state index contributed by atoms with van der Waals surface area (Å²) in [7, 11) is 0. The van der Waals surface area contributed by atoms with Crippen LogP contribution in [0.3, 0.4) is 0 Å². The van der Waals surface area contributed by atoms with Crippen LogP contribution in [0.15, 0.2) is 59.0 Å². The lowest BCUT2D eigenvalue weighted by atomic mass is 10.0. The second kappa shape index (κ2) is 8.60. The van der Waals surface area contributed by atoms with Crippen molar-refractivity contribution in [3.8, 4) is 11.1 Å². The second-order valence-corrected chi connectivity index (χ2v) is 8.41. The van der Waals surface area contributed by atoms with E-state index in [0.29, 0.717) is 25.9 Å². The predicted molar refractivity (Wildman–Crippen MR) is 124 cm³/mol. The molecule has 2 aromatic carbocycles. The fourth-order valence-electron chi connectivity index (χ4n) is 3.14. The molecule has 0 saturated heterocycles. The van der Waals surface area contributed by atoms with Crippen LogP contribution in [0.5, 0.6) is 0 Å². The molecule has 0 bridgehead atoms. The lowest BCUT2D eigenvalue weighted by molar-refractivity contribution is -0.116. The number of aryl methyl sites for hydroxylation is 1. The lowest BCUT2D eigenvalue weighted by Gasteiger charge is -2.09. The second-order valence-electron chi connectivity index (χ2n) is 6.73. The molecule has 0 fully saturated rings. The van der Waals surface area contributed by atoms with Gasteiger partial charge in [-0.2, -0.15) is 0 Å². The number of halogens is 2. The monoisotopic (exact) mass is 457 g/mol. The molecule has 0 saturated carbocycles. The maximum absolute atomic E-state index is 13.1. The Morgan fingerprint density at radius 3 is 2.60 bits per heavy atom. The maximum atomic E-state index is 13.1. The highest BCUT2D eigenvalue weighted by Crippen LogP contribution is 2.31. The number of hydrogen-bond acceptors (Lipinski definition) is 4. The van der Waals surface area contributed by atoms with Crippen LogP contribution in [0.2, 0.25) is 10.0 Å². The molecule has 1 amide bonds. The number of carbonyl (C=O) groups excluding carboxylic acids is 1. The van der Waals surface area contributed by atoms with Gasteiger partial charge in [0.2, 0.25) is 5.91 Å². The van der Waals surface area contributed by atoms with E-state index in [1.165, 1.54) is 27.8 Å². The Hall–Kier alpha value is -2.67. The Morgan fingerprint density at radius 2 is 1.90 bits per heavy atom. The molecular weight excluding hydrogens is 441 g/mol. The molecule has 8 heteroatoms. The molecule has 0 spiro atoms. The van der Waals surface area contributed by atoms with Crippen LogP contribution >= 0.6 is 34.5 Å². The van der Waals surface area contributed by atoms with Crippen molar-refractivity contribution in [3.05, 3.63) is 80.1 Å². The molecule has 4 rings (SSSR count). The number of aromatic nitrogens is 2. The van der Waals surface area contributed by atoms with Crippen molar-refractivity contribution in [2.75, 3.05) is 5.32 Å². The summed E-state index contributed by atoms with van der Waals surface area (Å²) in [5.74, 6) is -0.360. The average molecular weight is 458 g/mol. The van der Waals surface area contributed by atoms with Gasteiger partial charge in [0.1, 0.15) is 11.4 Å². The fraction of sp³-hybridized carbons (Fsp3) is 0.136. The van der Waals surface area contributed by atoms with Gasteiger partial charge in [-0.1, -0.05) is 54.4 Å². The summed E-state index contributed by atoms with van der Waals surface area (Å²) in [6, 6.07) is 12.9. The third-order valence-electron chi connectivity index (χ3n) is 4.75. The van der Waals surface area contributed by atoms with Gasteiger partial charge in [0.25, 0.3) is 5.56 Å². The van der Waals surface area contributed by atoms with E-state index in [1.807, 2.05) is 17.5 Å². The number of fused-ring (bicyclic) bond motifs is 1. The Balaban J connectivity index is 1.63. The zero-order valence-electron chi connectivity index (χ0n) is 16.0. The van der Waals surface area contributed by atoms with Crippen molar-refractivity contribution in [3.63, 3.8) is 0 Å². The molecule has 2 heterocycles. The van der Waals surface area contributed by atoms with Gasteiger partial charge in [-0.25, -0.2) is 4.98 Å². The summed E-state index contributed by atoms with van der Waals surface area (Å²) in [5, 5.41) is 5.91. The highest BCUT2D eigenvalue weighted by Gasteiger charge is 2.15. The number of amides is 1. The first-order chi connectivity index (χ1) is 14.5. The quantitative estimate of drug-likeness (QED) is 0.422. The molecule has 0 atom stereocenters. The van der Waals surface area contributed by atoms with Gasteiger partial charge in [0.15, 0.2) is 0 Å². The summed E-state index contributed by atoms with van der Waals surface area (Å²) in [5.41, 5.74) is 3.27. The van der Waals surface area contributed by atoms with Gasteiger partial charge < -0.3 is 5.32 Å². The summed E-state index contributed by atoms with van der Waals surface area (Å²) >= 11 is 13.3. The molecule has 0 aliphatic rings. The molecule has 0 unspecified atom stereocenters. The van der Waals surface area contributed by atoms with Crippen LogP contribution in [0, 0.1) is 0 Å².